The van der Waals surface area contributed by atoms with E-state index >= 15 is 0 Å². The van der Waals surface area contributed by atoms with Crippen LogP contribution in [0.25, 0.3) is 0 Å². The van der Waals surface area contributed by atoms with Crippen LogP contribution < -0.4 is 0 Å². The van der Waals surface area contributed by atoms with Crippen LogP contribution in [0.5, 0.6) is 0 Å². The number of rotatable bonds is 1. The molecule has 2 aromatic rings. The summed E-state index contributed by atoms with van der Waals surface area (Å²) in [6.45, 7) is 6.60. The van der Waals surface area contributed by atoms with Crippen LogP contribution in [0.2, 0.25) is 0 Å². The smallest absolute Gasteiger partial charge is 0.0407 e. The Labute approximate surface area is 109 Å². The summed E-state index contributed by atoms with van der Waals surface area (Å²) < 4.78 is 0. The molecule has 92 valence electrons. The first-order valence-electron chi connectivity index (χ1n) is 6.68. The Kier molecular flexibility index (Phi) is 2.70. The molecule has 0 aliphatic heterocycles. The van der Waals surface area contributed by atoms with Crippen molar-refractivity contribution >= 4 is 0 Å². The molecular formula is C17H19N. The third-order valence-corrected chi connectivity index (χ3v) is 4.25. The van der Waals surface area contributed by atoms with E-state index in [4.69, 9.17) is 0 Å². The summed E-state index contributed by atoms with van der Waals surface area (Å²) in [5, 5.41) is 0. The van der Waals surface area contributed by atoms with Crippen LogP contribution in [0.3, 0.4) is 0 Å². The van der Waals surface area contributed by atoms with E-state index in [9.17, 15) is 0 Å². The van der Waals surface area contributed by atoms with Gasteiger partial charge in [-0.2, -0.15) is 0 Å². The van der Waals surface area contributed by atoms with E-state index in [1.165, 1.54) is 27.9 Å². The second-order valence-electron chi connectivity index (χ2n) is 5.49. The maximum Gasteiger partial charge on any atom is 0.0407 e. The van der Waals surface area contributed by atoms with Crippen LogP contribution in [0.1, 0.15) is 46.7 Å². The molecule has 0 saturated heterocycles. The van der Waals surface area contributed by atoms with E-state index in [-0.39, 0.29) is 0 Å². The quantitative estimate of drug-likeness (QED) is 0.726. The number of hydrogen-bond donors (Lipinski definition) is 0. The van der Waals surface area contributed by atoms with Crippen molar-refractivity contribution in [2.45, 2.75) is 39.0 Å². The fourth-order valence-electron chi connectivity index (χ4n) is 3.21. The lowest BCUT2D eigenvalue weighted by Gasteiger charge is -2.18. The Bertz CT molecular complexity index is 586. The molecular weight excluding hydrogens is 218 g/mol. The number of aryl methyl sites for hydroxylation is 2. The van der Waals surface area contributed by atoms with E-state index in [0.717, 1.165) is 6.42 Å². The Morgan fingerprint density at radius 2 is 1.89 bits per heavy atom. The van der Waals surface area contributed by atoms with Gasteiger partial charge in [-0.3, -0.25) is 4.98 Å². The zero-order valence-corrected chi connectivity index (χ0v) is 11.3. The molecule has 1 heteroatoms. The monoisotopic (exact) mass is 237 g/mol. The molecule has 0 saturated carbocycles. The fourth-order valence-corrected chi connectivity index (χ4v) is 3.21. The highest BCUT2D eigenvalue weighted by Gasteiger charge is 2.30. The summed E-state index contributed by atoms with van der Waals surface area (Å²) in [4.78, 5) is 4.52. The zero-order chi connectivity index (χ0) is 12.7. The minimum atomic E-state index is 0.592. The molecule has 1 nitrogen and oxygen atoms in total. The number of hydrogen-bond acceptors (Lipinski definition) is 1. The topological polar surface area (TPSA) is 12.9 Å². The van der Waals surface area contributed by atoms with Crippen molar-refractivity contribution in [2.24, 2.45) is 0 Å². The zero-order valence-electron chi connectivity index (χ0n) is 11.3. The number of benzene rings is 1. The SMILES string of the molecule is Cc1cnc(C)c(C2Cc3ccccc3[C@H]2C)c1. The molecule has 3 rings (SSSR count). The third kappa shape index (κ3) is 1.74. The van der Waals surface area contributed by atoms with E-state index in [1.807, 2.05) is 6.20 Å². The molecule has 2 atom stereocenters. The highest BCUT2D eigenvalue weighted by atomic mass is 14.7. The largest absolute Gasteiger partial charge is 0.261 e. The van der Waals surface area contributed by atoms with E-state index in [1.54, 1.807) is 0 Å². The molecule has 1 aliphatic carbocycles. The lowest BCUT2D eigenvalue weighted by Crippen LogP contribution is -2.06. The Morgan fingerprint density at radius 1 is 1.11 bits per heavy atom. The maximum absolute atomic E-state index is 4.52. The Morgan fingerprint density at radius 3 is 2.67 bits per heavy atom. The molecule has 1 aliphatic rings. The highest BCUT2D eigenvalue weighted by molar-refractivity contribution is 5.42. The van der Waals surface area contributed by atoms with Gasteiger partial charge in [0.15, 0.2) is 0 Å². The molecule has 0 amide bonds. The van der Waals surface area contributed by atoms with E-state index < -0.39 is 0 Å². The summed E-state index contributed by atoms with van der Waals surface area (Å²) in [6, 6.07) is 11.2. The van der Waals surface area contributed by atoms with Crippen molar-refractivity contribution in [2.75, 3.05) is 0 Å². The molecule has 1 aromatic heterocycles. The Hall–Kier alpha value is -1.63. The molecule has 0 fully saturated rings. The number of fused-ring (bicyclic) bond motifs is 1. The lowest BCUT2D eigenvalue weighted by atomic mass is 9.87. The van der Waals surface area contributed by atoms with Crippen molar-refractivity contribution in [1.29, 1.82) is 0 Å². The van der Waals surface area contributed by atoms with Crippen LogP contribution in [0.4, 0.5) is 0 Å². The van der Waals surface area contributed by atoms with Gasteiger partial charge in [0, 0.05) is 11.9 Å². The van der Waals surface area contributed by atoms with E-state index in [2.05, 4.69) is 56.1 Å². The van der Waals surface area contributed by atoms with Crippen LogP contribution in [0, 0.1) is 13.8 Å². The van der Waals surface area contributed by atoms with Crippen molar-refractivity contribution in [3.05, 3.63) is 64.5 Å². The van der Waals surface area contributed by atoms with Crippen molar-refractivity contribution in [1.82, 2.24) is 4.98 Å². The first-order chi connectivity index (χ1) is 8.66. The van der Waals surface area contributed by atoms with Gasteiger partial charge in [-0.05, 0) is 54.4 Å². The molecule has 0 N–H and O–H groups in total. The van der Waals surface area contributed by atoms with Crippen molar-refractivity contribution < 1.29 is 0 Å². The summed E-state index contributed by atoms with van der Waals surface area (Å²) >= 11 is 0. The molecule has 18 heavy (non-hydrogen) atoms. The summed E-state index contributed by atoms with van der Waals surface area (Å²) in [6.07, 6.45) is 3.12. The number of nitrogens with zero attached hydrogens (tertiary/aromatic N) is 1. The minimum absolute atomic E-state index is 0.592. The van der Waals surface area contributed by atoms with Gasteiger partial charge in [-0.1, -0.05) is 37.3 Å². The van der Waals surface area contributed by atoms with Crippen LogP contribution in [-0.4, -0.2) is 4.98 Å². The maximum atomic E-state index is 4.52. The molecule has 0 bridgehead atoms. The summed E-state index contributed by atoms with van der Waals surface area (Å²) in [5.41, 5.74) is 6.90. The standard InChI is InChI=1S/C17H19N/c1-11-8-17(13(3)18-10-11)16-9-14-6-4-5-7-15(14)12(16)2/h4-8,10,12,16H,9H2,1-3H3/t12-,16?/m1/s1. The van der Waals surface area contributed by atoms with E-state index in [0.29, 0.717) is 11.8 Å². The number of pyridine rings is 1. The van der Waals surface area contributed by atoms with Gasteiger partial charge in [0.2, 0.25) is 0 Å². The van der Waals surface area contributed by atoms with Gasteiger partial charge in [0.05, 0.1) is 0 Å². The molecule has 1 unspecified atom stereocenters. The predicted molar refractivity (Wildman–Crippen MR) is 75.0 cm³/mol. The van der Waals surface area contributed by atoms with Gasteiger partial charge >= 0.3 is 0 Å². The van der Waals surface area contributed by atoms with Gasteiger partial charge in [0.25, 0.3) is 0 Å². The fraction of sp³-hybridized carbons (Fsp3) is 0.353. The minimum Gasteiger partial charge on any atom is -0.261 e. The van der Waals surface area contributed by atoms with Crippen molar-refractivity contribution in [3.8, 4) is 0 Å². The summed E-state index contributed by atoms with van der Waals surface area (Å²) in [7, 11) is 0. The van der Waals surface area contributed by atoms with Crippen LogP contribution in [-0.2, 0) is 6.42 Å². The average Bonchev–Trinajstić information content (AvgIpc) is 2.71. The second-order valence-corrected chi connectivity index (χ2v) is 5.49. The van der Waals surface area contributed by atoms with Gasteiger partial charge in [-0.25, -0.2) is 0 Å². The molecule has 1 heterocycles. The van der Waals surface area contributed by atoms with Crippen LogP contribution in [0.15, 0.2) is 36.5 Å². The Balaban J connectivity index is 2.04. The second kappa shape index (κ2) is 4.24. The highest BCUT2D eigenvalue weighted by Crippen LogP contribution is 2.44. The van der Waals surface area contributed by atoms with Gasteiger partial charge in [0.1, 0.15) is 0 Å². The first kappa shape index (κ1) is 11.5. The molecule has 0 radical (unpaired) electrons. The van der Waals surface area contributed by atoms with Crippen LogP contribution >= 0.6 is 0 Å². The normalized spacial score (nSPS) is 21.9. The first-order valence-corrected chi connectivity index (χ1v) is 6.68. The average molecular weight is 237 g/mol. The summed E-state index contributed by atoms with van der Waals surface area (Å²) in [5.74, 6) is 1.19. The molecule has 1 aromatic carbocycles. The predicted octanol–water partition coefficient (Wildman–Crippen LogP) is 4.14. The third-order valence-electron chi connectivity index (χ3n) is 4.25. The van der Waals surface area contributed by atoms with Crippen molar-refractivity contribution in [3.63, 3.8) is 0 Å². The number of aromatic nitrogens is 1. The molecule has 0 spiro atoms. The van der Waals surface area contributed by atoms with Gasteiger partial charge in [-0.15, -0.1) is 0 Å². The van der Waals surface area contributed by atoms with Gasteiger partial charge < -0.3 is 0 Å². The lowest BCUT2D eigenvalue weighted by molar-refractivity contribution is 0.619.